The third kappa shape index (κ3) is 2.15. The van der Waals surface area contributed by atoms with E-state index in [-0.39, 0.29) is 16.9 Å². The summed E-state index contributed by atoms with van der Waals surface area (Å²) in [6, 6.07) is 8.75. The largest absolute Gasteiger partial charge is 0.508 e. The highest BCUT2D eigenvalue weighted by molar-refractivity contribution is 6.09. The van der Waals surface area contributed by atoms with Gasteiger partial charge in [0, 0.05) is 5.56 Å². The lowest BCUT2D eigenvalue weighted by atomic mass is 10.0. The Bertz CT molecular complexity index is 562. The molecule has 2 aromatic carbocycles. The Morgan fingerprint density at radius 2 is 1.65 bits per heavy atom. The maximum atomic E-state index is 13.4. The van der Waals surface area contributed by atoms with Crippen LogP contribution in [0.3, 0.4) is 0 Å². The molecular formula is C13H8F2O2. The van der Waals surface area contributed by atoms with Crippen LogP contribution in [0.25, 0.3) is 0 Å². The molecule has 2 nitrogen and oxygen atoms in total. The van der Waals surface area contributed by atoms with Gasteiger partial charge >= 0.3 is 0 Å². The maximum absolute atomic E-state index is 13.4. The Labute approximate surface area is 96.1 Å². The van der Waals surface area contributed by atoms with Crippen molar-refractivity contribution in [2.75, 3.05) is 0 Å². The molecule has 0 fully saturated rings. The summed E-state index contributed by atoms with van der Waals surface area (Å²) >= 11 is 0. The Kier molecular flexibility index (Phi) is 2.87. The Balaban J connectivity index is 2.44. The van der Waals surface area contributed by atoms with E-state index in [1.165, 1.54) is 36.4 Å². The van der Waals surface area contributed by atoms with Crippen LogP contribution >= 0.6 is 0 Å². The van der Waals surface area contributed by atoms with Crippen LogP contribution < -0.4 is 0 Å². The van der Waals surface area contributed by atoms with Gasteiger partial charge < -0.3 is 5.11 Å². The van der Waals surface area contributed by atoms with Gasteiger partial charge in [0.1, 0.15) is 5.75 Å². The molecule has 86 valence electrons. The Morgan fingerprint density at radius 3 is 2.29 bits per heavy atom. The van der Waals surface area contributed by atoms with Crippen LogP contribution in [0.4, 0.5) is 8.78 Å². The predicted octanol–water partition coefficient (Wildman–Crippen LogP) is 2.90. The first-order chi connectivity index (χ1) is 8.09. The molecule has 0 aromatic heterocycles. The average Bonchev–Trinajstić information content (AvgIpc) is 2.33. The minimum atomic E-state index is -1.16. The molecule has 2 rings (SSSR count). The molecule has 0 aliphatic rings. The van der Waals surface area contributed by atoms with Crippen molar-refractivity contribution in [3.8, 4) is 5.75 Å². The lowest BCUT2D eigenvalue weighted by molar-refractivity contribution is 0.103. The summed E-state index contributed by atoms with van der Waals surface area (Å²) in [7, 11) is 0. The second kappa shape index (κ2) is 4.33. The monoisotopic (exact) mass is 234 g/mol. The van der Waals surface area contributed by atoms with E-state index < -0.39 is 17.4 Å². The summed E-state index contributed by atoms with van der Waals surface area (Å²) in [6.45, 7) is 0. The molecule has 0 saturated carbocycles. The van der Waals surface area contributed by atoms with Crippen molar-refractivity contribution in [2.45, 2.75) is 0 Å². The van der Waals surface area contributed by atoms with Gasteiger partial charge in [-0.25, -0.2) is 8.78 Å². The van der Waals surface area contributed by atoms with E-state index in [1.807, 2.05) is 0 Å². The van der Waals surface area contributed by atoms with Gasteiger partial charge in [-0.3, -0.25) is 4.79 Å². The third-order valence-corrected chi connectivity index (χ3v) is 2.33. The highest BCUT2D eigenvalue weighted by Gasteiger charge is 2.16. The number of halogens is 2. The van der Waals surface area contributed by atoms with Crippen LogP contribution in [0, 0.1) is 11.6 Å². The quantitative estimate of drug-likeness (QED) is 0.811. The van der Waals surface area contributed by atoms with Crippen LogP contribution in [-0.4, -0.2) is 10.9 Å². The first-order valence-electron chi connectivity index (χ1n) is 4.87. The molecule has 0 heterocycles. The van der Waals surface area contributed by atoms with Crippen molar-refractivity contribution in [2.24, 2.45) is 0 Å². The molecule has 0 aliphatic heterocycles. The molecule has 0 aliphatic carbocycles. The van der Waals surface area contributed by atoms with E-state index in [1.54, 1.807) is 0 Å². The van der Waals surface area contributed by atoms with Crippen molar-refractivity contribution >= 4 is 5.78 Å². The second-order valence-corrected chi connectivity index (χ2v) is 3.48. The molecule has 0 radical (unpaired) electrons. The van der Waals surface area contributed by atoms with Gasteiger partial charge in [-0.15, -0.1) is 0 Å². The summed E-state index contributed by atoms with van der Waals surface area (Å²) in [4.78, 5) is 11.8. The summed E-state index contributed by atoms with van der Waals surface area (Å²) in [5.41, 5.74) is -0.136. The van der Waals surface area contributed by atoms with E-state index in [0.29, 0.717) is 0 Å². The lowest BCUT2D eigenvalue weighted by Gasteiger charge is -2.03. The van der Waals surface area contributed by atoms with Crippen LogP contribution in [0.1, 0.15) is 15.9 Å². The molecule has 0 spiro atoms. The van der Waals surface area contributed by atoms with Crippen LogP contribution in [0.2, 0.25) is 0 Å². The third-order valence-electron chi connectivity index (χ3n) is 2.33. The van der Waals surface area contributed by atoms with E-state index in [9.17, 15) is 13.6 Å². The van der Waals surface area contributed by atoms with Crippen molar-refractivity contribution in [1.82, 2.24) is 0 Å². The summed E-state index contributed by atoms with van der Waals surface area (Å²) in [5.74, 6) is -2.84. The average molecular weight is 234 g/mol. The molecule has 17 heavy (non-hydrogen) atoms. The molecule has 0 saturated heterocycles. The van der Waals surface area contributed by atoms with Crippen molar-refractivity contribution in [3.63, 3.8) is 0 Å². The molecule has 0 unspecified atom stereocenters. The van der Waals surface area contributed by atoms with Crippen LogP contribution in [0.15, 0.2) is 42.5 Å². The summed E-state index contributed by atoms with van der Waals surface area (Å²) < 4.78 is 26.3. The molecule has 0 bridgehead atoms. The lowest BCUT2D eigenvalue weighted by Crippen LogP contribution is -2.05. The van der Waals surface area contributed by atoms with E-state index >= 15 is 0 Å². The number of rotatable bonds is 2. The van der Waals surface area contributed by atoms with Crippen LogP contribution in [0.5, 0.6) is 5.75 Å². The first kappa shape index (κ1) is 11.3. The highest BCUT2D eigenvalue weighted by Crippen LogP contribution is 2.17. The number of phenolic OH excluding ortho intramolecular Hbond substituents is 1. The van der Waals surface area contributed by atoms with Crippen molar-refractivity contribution in [3.05, 3.63) is 65.2 Å². The molecular weight excluding hydrogens is 226 g/mol. The van der Waals surface area contributed by atoms with Crippen molar-refractivity contribution < 1.29 is 18.7 Å². The zero-order valence-corrected chi connectivity index (χ0v) is 8.65. The van der Waals surface area contributed by atoms with Gasteiger partial charge in [0.2, 0.25) is 0 Å². The Hall–Kier alpha value is -2.23. The molecule has 4 heteroatoms. The molecule has 2 aromatic rings. The van der Waals surface area contributed by atoms with E-state index in [2.05, 4.69) is 0 Å². The van der Waals surface area contributed by atoms with Gasteiger partial charge in [0.25, 0.3) is 0 Å². The zero-order valence-electron chi connectivity index (χ0n) is 8.65. The predicted molar refractivity (Wildman–Crippen MR) is 57.9 cm³/mol. The van der Waals surface area contributed by atoms with Gasteiger partial charge in [-0.05, 0) is 36.4 Å². The fourth-order valence-corrected chi connectivity index (χ4v) is 1.45. The SMILES string of the molecule is O=C(c1ccc(O)cc1)c1cccc(F)c1F. The van der Waals surface area contributed by atoms with Crippen LogP contribution in [-0.2, 0) is 0 Å². The number of hydrogen-bond acceptors (Lipinski definition) is 2. The summed E-state index contributed by atoms with van der Waals surface area (Å²) in [6.07, 6.45) is 0. The van der Waals surface area contributed by atoms with Gasteiger partial charge in [-0.2, -0.15) is 0 Å². The molecule has 0 atom stereocenters. The fourth-order valence-electron chi connectivity index (χ4n) is 1.45. The minimum Gasteiger partial charge on any atom is -0.508 e. The van der Waals surface area contributed by atoms with Gasteiger partial charge in [0.05, 0.1) is 5.56 Å². The van der Waals surface area contributed by atoms with Gasteiger partial charge in [0.15, 0.2) is 17.4 Å². The minimum absolute atomic E-state index is 0.00117. The summed E-state index contributed by atoms with van der Waals surface area (Å²) in [5, 5.41) is 9.06. The second-order valence-electron chi connectivity index (χ2n) is 3.48. The number of hydrogen-bond donors (Lipinski definition) is 1. The molecule has 0 amide bonds. The topological polar surface area (TPSA) is 37.3 Å². The van der Waals surface area contributed by atoms with E-state index in [0.717, 1.165) is 6.07 Å². The van der Waals surface area contributed by atoms with Gasteiger partial charge in [-0.1, -0.05) is 6.07 Å². The number of phenols is 1. The number of ketones is 1. The highest BCUT2D eigenvalue weighted by atomic mass is 19.2. The number of benzene rings is 2. The number of carbonyl (C=O) groups is 1. The molecule has 1 N–H and O–H groups in total. The number of aromatic hydroxyl groups is 1. The smallest absolute Gasteiger partial charge is 0.196 e. The standard InChI is InChI=1S/C13H8F2O2/c14-11-3-1-2-10(12(11)15)13(17)8-4-6-9(16)7-5-8/h1-7,16H. The maximum Gasteiger partial charge on any atom is 0.196 e. The zero-order chi connectivity index (χ0) is 12.4. The number of carbonyl (C=O) groups excluding carboxylic acids is 1. The first-order valence-corrected chi connectivity index (χ1v) is 4.87. The normalized spacial score (nSPS) is 10.2. The van der Waals surface area contributed by atoms with E-state index in [4.69, 9.17) is 5.11 Å². The van der Waals surface area contributed by atoms with Crippen molar-refractivity contribution in [1.29, 1.82) is 0 Å². The Morgan fingerprint density at radius 1 is 1.00 bits per heavy atom. The fraction of sp³-hybridized carbons (Fsp3) is 0.